The number of nitrogens with zero attached hydrogens (tertiary/aromatic N) is 6. The molecule has 278 valence electrons. The van der Waals surface area contributed by atoms with Crippen molar-refractivity contribution in [3.8, 4) is 0 Å². The number of anilines is 2. The van der Waals surface area contributed by atoms with Crippen LogP contribution < -0.4 is 16.2 Å². The predicted octanol–water partition coefficient (Wildman–Crippen LogP) is 5.26. The Morgan fingerprint density at radius 1 is 1.13 bits per heavy atom. The Bertz CT molecular complexity index is 2230. The van der Waals surface area contributed by atoms with Crippen molar-refractivity contribution in [3.05, 3.63) is 86.3 Å². The van der Waals surface area contributed by atoms with Crippen molar-refractivity contribution in [2.45, 2.75) is 56.7 Å². The molecule has 5 heterocycles. The second kappa shape index (κ2) is 13.9. The van der Waals surface area contributed by atoms with Gasteiger partial charge in [-0.2, -0.15) is 22.7 Å². The quantitative estimate of drug-likeness (QED) is 0.268. The van der Waals surface area contributed by atoms with Gasteiger partial charge in [0.2, 0.25) is 11.7 Å². The first-order valence-electron chi connectivity index (χ1n) is 16.9. The second-order valence-electron chi connectivity index (χ2n) is 13.3. The van der Waals surface area contributed by atoms with Crippen molar-refractivity contribution in [2.75, 3.05) is 44.0 Å². The molecule has 0 saturated carbocycles. The molecule has 4 aromatic rings. The Balaban J connectivity index is 1.24. The third kappa shape index (κ3) is 6.74. The average Bonchev–Trinajstić information content (AvgIpc) is 3.71. The maximum absolute atomic E-state index is 14.5. The number of likely N-dealkylation sites (tertiary alicyclic amines) is 1. The van der Waals surface area contributed by atoms with Crippen molar-refractivity contribution in [1.29, 1.82) is 0 Å². The lowest BCUT2D eigenvalue weighted by Crippen LogP contribution is -2.47. The van der Waals surface area contributed by atoms with Crippen LogP contribution in [0.2, 0.25) is 5.02 Å². The molecule has 1 aliphatic carbocycles. The summed E-state index contributed by atoms with van der Waals surface area (Å²) in [5.74, 6) is -0.753. The first-order valence-corrected chi connectivity index (χ1v) is 17.2. The molecular formula is C35H34ClF3N8O6. The van der Waals surface area contributed by atoms with Gasteiger partial charge in [-0.25, -0.2) is 9.78 Å². The van der Waals surface area contributed by atoms with E-state index >= 15 is 0 Å². The van der Waals surface area contributed by atoms with Crippen molar-refractivity contribution in [1.82, 2.24) is 29.0 Å². The van der Waals surface area contributed by atoms with Crippen LogP contribution in [0.5, 0.6) is 0 Å². The van der Waals surface area contributed by atoms with Crippen LogP contribution in [0.3, 0.4) is 0 Å². The van der Waals surface area contributed by atoms with E-state index in [0.29, 0.717) is 56.0 Å². The van der Waals surface area contributed by atoms with E-state index in [4.69, 9.17) is 21.3 Å². The van der Waals surface area contributed by atoms with Gasteiger partial charge in [0.1, 0.15) is 6.54 Å². The number of alkyl halides is 3. The van der Waals surface area contributed by atoms with Gasteiger partial charge >= 0.3 is 12.3 Å². The lowest BCUT2D eigenvalue weighted by atomic mass is 9.73. The van der Waals surface area contributed by atoms with Gasteiger partial charge in [0, 0.05) is 36.0 Å². The number of halogens is 4. The first-order chi connectivity index (χ1) is 25.3. The largest absolute Gasteiger partial charge is 0.453 e. The number of fused-ring (bicyclic) bond motifs is 3. The Kier molecular flexibility index (Phi) is 9.48. The fraction of sp³-hybridized carbons (Fsp3) is 0.400. The van der Waals surface area contributed by atoms with Crippen LogP contribution >= 0.6 is 11.6 Å². The monoisotopic (exact) mass is 754 g/mol. The van der Waals surface area contributed by atoms with E-state index in [1.165, 1.54) is 17.8 Å². The molecule has 14 nitrogen and oxygen atoms in total. The SMILES string of the molecule is COC(=O)Nc1cccnc1C(=O)N1CCC2(CC1)CC(C)c1c2c(=O)n2nc(C3=CCOCC3)nc2n1CC(=O)Nc1ccc(C(F)(F)F)cc1Cl. The lowest BCUT2D eigenvalue weighted by Gasteiger charge is -2.39. The minimum absolute atomic E-state index is 0.00713. The molecule has 2 N–H and O–H groups in total. The van der Waals surface area contributed by atoms with E-state index in [1.807, 2.05) is 13.0 Å². The summed E-state index contributed by atoms with van der Waals surface area (Å²) >= 11 is 6.15. The molecule has 1 unspecified atom stereocenters. The highest BCUT2D eigenvalue weighted by Crippen LogP contribution is 2.50. The van der Waals surface area contributed by atoms with Crippen molar-refractivity contribution in [2.24, 2.45) is 0 Å². The van der Waals surface area contributed by atoms with Crippen LogP contribution in [0.4, 0.5) is 29.3 Å². The highest BCUT2D eigenvalue weighted by atomic mass is 35.5. The minimum atomic E-state index is -4.61. The topological polar surface area (TPSA) is 162 Å². The standard InChI is InChI=1S/C35H34ClF3N8O6/c1-19-17-34(9-12-45(13-10-34)31(50)27-24(4-3-11-40-27)42-33(51)52-2)26-28(19)46(18-25(48)41-23-6-5-21(16-22(23)36)35(37,38)39)32-43-29(44-47(32)30(26)49)20-7-14-53-15-8-20/h3-7,11,16,19H,8-10,12-15,17-18H2,1-2H3,(H,41,48)(H,42,51). The Morgan fingerprint density at radius 2 is 1.91 bits per heavy atom. The zero-order valence-electron chi connectivity index (χ0n) is 28.6. The number of carbonyl (C=O) groups excluding carboxylic acids is 3. The molecule has 1 fully saturated rings. The molecule has 7 rings (SSSR count). The van der Waals surface area contributed by atoms with E-state index in [9.17, 15) is 32.3 Å². The van der Waals surface area contributed by atoms with E-state index in [-0.39, 0.29) is 59.0 Å². The maximum Gasteiger partial charge on any atom is 0.416 e. The summed E-state index contributed by atoms with van der Waals surface area (Å²) < 4.78 is 52.7. The average molecular weight is 755 g/mol. The molecule has 2 aliphatic heterocycles. The zero-order valence-corrected chi connectivity index (χ0v) is 29.4. The summed E-state index contributed by atoms with van der Waals surface area (Å²) in [5, 5.41) is 9.46. The van der Waals surface area contributed by atoms with Gasteiger partial charge < -0.3 is 24.3 Å². The molecule has 0 radical (unpaired) electrons. The van der Waals surface area contributed by atoms with Gasteiger partial charge in [-0.3, -0.25) is 19.7 Å². The Hall–Kier alpha value is -5.29. The number of benzene rings is 1. The predicted molar refractivity (Wildman–Crippen MR) is 186 cm³/mol. The Morgan fingerprint density at radius 3 is 2.58 bits per heavy atom. The van der Waals surface area contributed by atoms with Gasteiger partial charge in [0.15, 0.2) is 11.5 Å². The lowest BCUT2D eigenvalue weighted by molar-refractivity contribution is -0.137. The number of methoxy groups -OCH3 is 1. The van der Waals surface area contributed by atoms with Crippen LogP contribution in [0, 0.1) is 0 Å². The highest BCUT2D eigenvalue weighted by Gasteiger charge is 2.49. The highest BCUT2D eigenvalue weighted by molar-refractivity contribution is 6.33. The number of pyridine rings is 1. The van der Waals surface area contributed by atoms with Crippen LogP contribution in [0.1, 0.15) is 71.7 Å². The second-order valence-corrected chi connectivity index (χ2v) is 13.7. The summed E-state index contributed by atoms with van der Waals surface area (Å²) in [7, 11) is 1.21. The van der Waals surface area contributed by atoms with Crippen molar-refractivity contribution < 1.29 is 37.0 Å². The van der Waals surface area contributed by atoms with Gasteiger partial charge in [-0.15, -0.1) is 5.10 Å². The van der Waals surface area contributed by atoms with E-state index in [2.05, 4.69) is 25.5 Å². The van der Waals surface area contributed by atoms with Crippen LogP contribution in [0.15, 0.2) is 47.4 Å². The molecule has 3 aromatic heterocycles. The molecule has 3 amide bonds. The number of hydrogen-bond acceptors (Lipinski definition) is 9. The molecular weight excluding hydrogens is 721 g/mol. The van der Waals surface area contributed by atoms with Gasteiger partial charge in [0.25, 0.3) is 11.5 Å². The number of piperidine rings is 1. The van der Waals surface area contributed by atoms with Crippen molar-refractivity contribution >= 4 is 52.2 Å². The molecule has 1 saturated heterocycles. The summed E-state index contributed by atoms with van der Waals surface area (Å²) in [5.41, 5.74) is 0.115. The minimum Gasteiger partial charge on any atom is -0.453 e. The molecule has 1 spiro atoms. The molecule has 1 atom stereocenters. The molecule has 53 heavy (non-hydrogen) atoms. The number of ether oxygens (including phenoxy) is 2. The number of amides is 3. The number of carbonyl (C=O) groups is 3. The van der Waals surface area contributed by atoms with Gasteiger partial charge in [-0.05, 0) is 67.5 Å². The molecule has 0 bridgehead atoms. The maximum atomic E-state index is 14.5. The number of nitrogens with one attached hydrogen (secondary N) is 2. The van der Waals surface area contributed by atoms with E-state index in [0.717, 1.165) is 23.8 Å². The third-order valence-corrected chi connectivity index (χ3v) is 10.4. The number of rotatable bonds is 6. The molecule has 3 aliphatic rings. The van der Waals surface area contributed by atoms with Crippen molar-refractivity contribution in [3.63, 3.8) is 0 Å². The van der Waals surface area contributed by atoms with Crippen LogP contribution in [-0.2, 0) is 32.4 Å². The number of hydrogen-bond donors (Lipinski definition) is 2. The van der Waals surface area contributed by atoms with Crippen LogP contribution in [-0.4, -0.2) is 80.4 Å². The molecule has 1 aromatic carbocycles. The summed E-state index contributed by atoms with van der Waals surface area (Å²) in [4.78, 5) is 64.3. The fourth-order valence-electron chi connectivity index (χ4n) is 7.60. The van der Waals surface area contributed by atoms with E-state index in [1.54, 1.807) is 21.6 Å². The third-order valence-electron chi connectivity index (χ3n) is 10.0. The first kappa shape index (κ1) is 36.1. The van der Waals surface area contributed by atoms with Crippen LogP contribution in [0.25, 0.3) is 11.4 Å². The van der Waals surface area contributed by atoms with Gasteiger partial charge in [0.05, 0.1) is 42.3 Å². The van der Waals surface area contributed by atoms with Gasteiger partial charge in [-0.1, -0.05) is 24.6 Å². The summed E-state index contributed by atoms with van der Waals surface area (Å²) in [6, 6.07) is 5.80. The normalized spacial score (nSPS) is 18.1. The summed E-state index contributed by atoms with van der Waals surface area (Å²) in [6.07, 6.45) is -0.162. The summed E-state index contributed by atoms with van der Waals surface area (Å²) in [6.45, 7) is 2.98. The zero-order chi connectivity index (χ0) is 37.7. The van der Waals surface area contributed by atoms with E-state index < -0.39 is 35.1 Å². The fourth-order valence-corrected chi connectivity index (χ4v) is 7.82. The Labute approximate surface area is 304 Å². The smallest absolute Gasteiger partial charge is 0.416 e. The molecule has 18 heteroatoms. The number of aromatic nitrogens is 5.